The number of barbiturate groups is 1. The Morgan fingerprint density at radius 3 is 1.73 bits per heavy atom. The van der Waals surface area contributed by atoms with Crippen LogP contribution in [0.4, 0.5) is 16.2 Å². The van der Waals surface area contributed by atoms with E-state index in [1.807, 2.05) is 0 Å². The van der Waals surface area contributed by atoms with E-state index in [1.54, 1.807) is 72.8 Å². The first-order chi connectivity index (χ1) is 16.0. The summed E-state index contributed by atoms with van der Waals surface area (Å²) in [5, 5.41) is 0. The molecule has 0 radical (unpaired) electrons. The number of carbonyl (C=O) groups excluding carboxylic acids is 3. The van der Waals surface area contributed by atoms with Gasteiger partial charge in [-0.2, -0.15) is 0 Å². The molecule has 33 heavy (non-hydrogen) atoms. The molecule has 4 rings (SSSR count). The molecular weight excluding hydrogens is 488 g/mol. The summed E-state index contributed by atoms with van der Waals surface area (Å²) in [5.74, 6) is -0.526. The minimum atomic E-state index is -0.743. The van der Waals surface area contributed by atoms with Gasteiger partial charge in [-0.3, -0.25) is 9.59 Å². The van der Waals surface area contributed by atoms with Crippen LogP contribution in [0.25, 0.3) is 6.08 Å². The number of carbonyl (C=O) groups is 3. The first-order valence-corrected chi connectivity index (χ1v) is 10.7. The maximum Gasteiger partial charge on any atom is 0.343 e. The third kappa shape index (κ3) is 4.12. The van der Waals surface area contributed by atoms with E-state index in [1.165, 1.54) is 20.3 Å². The van der Waals surface area contributed by atoms with Crippen molar-refractivity contribution in [2.75, 3.05) is 24.0 Å². The lowest BCUT2D eigenvalue weighted by atomic mass is 10.0. The molecule has 7 nitrogen and oxygen atoms in total. The summed E-state index contributed by atoms with van der Waals surface area (Å²) in [7, 11) is 3.00. The predicted octanol–water partition coefficient (Wildman–Crippen LogP) is 5.05. The second-order valence-electron chi connectivity index (χ2n) is 7.03. The van der Waals surface area contributed by atoms with Crippen molar-refractivity contribution in [3.05, 3.63) is 88.4 Å². The maximum absolute atomic E-state index is 13.4. The molecular formula is C25H19BrN2O5. The van der Waals surface area contributed by atoms with Crippen LogP contribution in [0.1, 0.15) is 5.56 Å². The van der Waals surface area contributed by atoms with Gasteiger partial charge in [-0.15, -0.1) is 0 Å². The van der Waals surface area contributed by atoms with Gasteiger partial charge in [-0.05, 0) is 64.0 Å². The van der Waals surface area contributed by atoms with Crippen LogP contribution < -0.4 is 19.3 Å². The lowest BCUT2D eigenvalue weighted by Crippen LogP contribution is -2.57. The Hall–Kier alpha value is -3.91. The summed E-state index contributed by atoms with van der Waals surface area (Å²) in [6.45, 7) is 0. The van der Waals surface area contributed by atoms with Gasteiger partial charge in [0, 0.05) is 0 Å². The number of amides is 4. The largest absolute Gasteiger partial charge is 0.493 e. The number of para-hydroxylation sites is 2. The summed E-state index contributed by atoms with van der Waals surface area (Å²) >= 11 is 3.42. The average molecular weight is 507 g/mol. The second kappa shape index (κ2) is 9.30. The zero-order valence-corrected chi connectivity index (χ0v) is 19.4. The van der Waals surface area contributed by atoms with Crippen LogP contribution in [-0.4, -0.2) is 32.1 Å². The Morgan fingerprint density at radius 2 is 1.27 bits per heavy atom. The Labute approximate surface area is 199 Å². The van der Waals surface area contributed by atoms with Crippen LogP contribution in [0.15, 0.2) is 82.8 Å². The molecule has 0 atom stereocenters. The van der Waals surface area contributed by atoms with E-state index in [2.05, 4.69) is 15.9 Å². The van der Waals surface area contributed by atoms with E-state index in [4.69, 9.17) is 9.47 Å². The molecule has 1 aliphatic heterocycles. The number of urea groups is 1. The van der Waals surface area contributed by atoms with Crippen molar-refractivity contribution in [3.8, 4) is 11.5 Å². The van der Waals surface area contributed by atoms with Gasteiger partial charge in [-0.25, -0.2) is 14.6 Å². The van der Waals surface area contributed by atoms with E-state index in [0.29, 0.717) is 32.9 Å². The van der Waals surface area contributed by atoms with Crippen LogP contribution in [0.5, 0.6) is 11.5 Å². The second-order valence-corrected chi connectivity index (χ2v) is 7.89. The zero-order valence-electron chi connectivity index (χ0n) is 17.8. The number of hydrogen-bond acceptors (Lipinski definition) is 5. The monoisotopic (exact) mass is 506 g/mol. The molecule has 0 spiro atoms. The Bertz CT molecular complexity index is 1200. The molecule has 1 fully saturated rings. The quantitative estimate of drug-likeness (QED) is 0.357. The molecule has 0 aromatic heterocycles. The smallest absolute Gasteiger partial charge is 0.343 e. The highest BCUT2D eigenvalue weighted by molar-refractivity contribution is 9.10. The summed E-state index contributed by atoms with van der Waals surface area (Å²) in [5.41, 5.74) is 1.08. The summed E-state index contributed by atoms with van der Waals surface area (Å²) in [6, 6.07) is 19.6. The van der Waals surface area contributed by atoms with Crippen molar-refractivity contribution >= 4 is 51.2 Å². The molecule has 0 unspecified atom stereocenters. The number of hydrogen-bond donors (Lipinski definition) is 0. The van der Waals surface area contributed by atoms with Gasteiger partial charge in [0.05, 0.1) is 30.1 Å². The number of nitrogens with zero attached hydrogens (tertiary/aromatic N) is 2. The fraction of sp³-hybridized carbons (Fsp3) is 0.0800. The number of anilines is 2. The fourth-order valence-corrected chi connectivity index (χ4v) is 4.15. The first kappa shape index (κ1) is 22.3. The van der Waals surface area contributed by atoms with Crippen molar-refractivity contribution < 1.29 is 23.9 Å². The highest BCUT2D eigenvalue weighted by Gasteiger charge is 2.43. The number of ether oxygens (including phenoxy) is 2. The van der Waals surface area contributed by atoms with Crippen LogP contribution in [0.3, 0.4) is 0 Å². The molecule has 0 aliphatic carbocycles. The zero-order chi connectivity index (χ0) is 23.5. The standard InChI is InChI=1S/C25H19BrN2O5/c1-32-21-15-16(14-20(26)22(21)33-2)13-19-23(29)27(17-9-5-3-6-10-17)25(31)28(24(19)30)18-11-7-4-8-12-18/h3-15H,1-2H3. The van der Waals surface area contributed by atoms with Crippen molar-refractivity contribution in [1.29, 1.82) is 0 Å². The number of benzene rings is 3. The summed E-state index contributed by atoms with van der Waals surface area (Å²) < 4.78 is 11.3. The maximum atomic E-state index is 13.4. The third-order valence-corrected chi connectivity index (χ3v) is 5.63. The van der Waals surface area contributed by atoms with Crippen molar-refractivity contribution in [3.63, 3.8) is 0 Å². The topological polar surface area (TPSA) is 76.2 Å². The minimum absolute atomic E-state index is 0.165. The molecule has 3 aromatic rings. The number of halogens is 1. The Morgan fingerprint density at radius 1 is 0.758 bits per heavy atom. The molecule has 8 heteroatoms. The van der Waals surface area contributed by atoms with E-state index in [-0.39, 0.29) is 5.57 Å². The van der Waals surface area contributed by atoms with Crippen molar-refractivity contribution in [2.24, 2.45) is 0 Å². The van der Waals surface area contributed by atoms with Gasteiger partial charge in [0.25, 0.3) is 11.8 Å². The molecule has 0 N–H and O–H groups in total. The Kier molecular flexibility index (Phi) is 6.28. The molecule has 1 aliphatic rings. The summed E-state index contributed by atoms with van der Waals surface area (Å²) in [6.07, 6.45) is 1.44. The molecule has 0 bridgehead atoms. The van der Waals surface area contributed by atoms with Crippen molar-refractivity contribution in [1.82, 2.24) is 0 Å². The average Bonchev–Trinajstić information content (AvgIpc) is 2.83. The SMILES string of the molecule is COc1cc(C=C2C(=O)N(c3ccccc3)C(=O)N(c3ccccc3)C2=O)cc(Br)c1OC. The molecule has 0 saturated carbocycles. The lowest BCUT2D eigenvalue weighted by molar-refractivity contribution is -0.121. The van der Waals surface area contributed by atoms with E-state index < -0.39 is 17.8 Å². The van der Waals surface area contributed by atoms with Gasteiger partial charge in [0.2, 0.25) is 0 Å². The van der Waals surface area contributed by atoms with Gasteiger partial charge in [0.1, 0.15) is 5.57 Å². The van der Waals surface area contributed by atoms with Gasteiger partial charge >= 0.3 is 6.03 Å². The van der Waals surface area contributed by atoms with E-state index >= 15 is 0 Å². The van der Waals surface area contributed by atoms with Crippen LogP contribution in [0, 0.1) is 0 Å². The number of rotatable bonds is 5. The predicted molar refractivity (Wildman–Crippen MR) is 128 cm³/mol. The Balaban J connectivity index is 1.88. The summed E-state index contributed by atoms with van der Waals surface area (Å²) in [4.78, 5) is 42.1. The number of methoxy groups -OCH3 is 2. The molecule has 1 heterocycles. The third-order valence-electron chi connectivity index (χ3n) is 5.05. The van der Waals surface area contributed by atoms with Gasteiger partial charge in [0.15, 0.2) is 11.5 Å². The molecule has 166 valence electrons. The molecule has 3 aromatic carbocycles. The fourth-order valence-electron chi connectivity index (χ4n) is 3.53. The van der Waals surface area contributed by atoms with Gasteiger partial charge in [-0.1, -0.05) is 36.4 Å². The number of imide groups is 2. The van der Waals surface area contributed by atoms with Crippen molar-refractivity contribution in [2.45, 2.75) is 0 Å². The highest BCUT2D eigenvalue weighted by Crippen LogP contribution is 2.37. The van der Waals surface area contributed by atoms with Crippen LogP contribution in [0.2, 0.25) is 0 Å². The van der Waals surface area contributed by atoms with E-state index in [9.17, 15) is 14.4 Å². The lowest BCUT2D eigenvalue weighted by Gasteiger charge is -2.34. The highest BCUT2D eigenvalue weighted by atomic mass is 79.9. The first-order valence-electron chi connectivity index (χ1n) is 9.92. The van der Waals surface area contributed by atoms with Crippen LogP contribution in [-0.2, 0) is 9.59 Å². The van der Waals surface area contributed by atoms with Gasteiger partial charge < -0.3 is 9.47 Å². The normalized spacial score (nSPS) is 13.9. The van der Waals surface area contributed by atoms with Crippen LogP contribution >= 0.6 is 15.9 Å². The molecule has 1 saturated heterocycles. The van der Waals surface area contributed by atoms with E-state index in [0.717, 1.165) is 9.80 Å². The molecule has 4 amide bonds. The minimum Gasteiger partial charge on any atom is -0.493 e.